The highest BCUT2D eigenvalue weighted by Crippen LogP contribution is 1.98. The molecule has 5 heteroatoms. The summed E-state index contributed by atoms with van der Waals surface area (Å²) in [5, 5.41) is 6.59. The van der Waals surface area contributed by atoms with Gasteiger partial charge < -0.3 is 15.5 Å². The van der Waals surface area contributed by atoms with Crippen molar-refractivity contribution in [1.82, 2.24) is 15.5 Å². The van der Waals surface area contributed by atoms with Crippen LogP contribution in [0.15, 0.2) is 4.99 Å². The van der Waals surface area contributed by atoms with E-state index in [1.54, 1.807) is 0 Å². The number of aliphatic imine (C=N–C) groups is 1. The molecule has 2 N–H and O–H groups in total. The van der Waals surface area contributed by atoms with Crippen LogP contribution in [0, 0.1) is 0 Å². The van der Waals surface area contributed by atoms with E-state index >= 15 is 0 Å². The lowest BCUT2D eigenvalue weighted by molar-refractivity contribution is 0.269. The third-order valence-electron chi connectivity index (χ3n) is 2.84. The quantitative estimate of drug-likeness (QED) is 0.293. The number of hydrogen-bond donors (Lipinski definition) is 2. The molecule has 19 heavy (non-hydrogen) atoms. The molecular weight excluding hydrogens is 351 g/mol. The second kappa shape index (κ2) is 13.0. The summed E-state index contributed by atoms with van der Waals surface area (Å²) in [6, 6.07) is 1.06. The van der Waals surface area contributed by atoms with E-state index in [0.29, 0.717) is 12.1 Å². The van der Waals surface area contributed by atoms with Crippen LogP contribution in [-0.2, 0) is 0 Å². The van der Waals surface area contributed by atoms with Gasteiger partial charge in [0.1, 0.15) is 0 Å². The molecule has 0 radical (unpaired) electrons. The van der Waals surface area contributed by atoms with Gasteiger partial charge in [-0.1, -0.05) is 0 Å². The van der Waals surface area contributed by atoms with Gasteiger partial charge in [0, 0.05) is 25.2 Å². The summed E-state index contributed by atoms with van der Waals surface area (Å²) in [6.07, 6.45) is 2.35. The molecule has 0 aromatic rings. The number of nitrogens with one attached hydrogen (secondary N) is 2. The summed E-state index contributed by atoms with van der Waals surface area (Å²) in [4.78, 5) is 6.95. The molecule has 0 aromatic heterocycles. The topological polar surface area (TPSA) is 39.7 Å². The van der Waals surface area contributed by atoms with Crippen molar-refractivity contribution in [1.29, 1.82) is 0 Å². The summed E-state index contributed by atoms with van der Waals surface area (Å²) < 4.78 is 0. The van der Waals surface area contributed by atoms with E-state index in [-0.39, 0.29) is 24.0 Å². The van der Waals surface area contributed by atoms with Gasteiger partial charge in [0.05, 0.1) is 0 Å². The van der Waals surface area contributed by atoms with Crippen LogP contribution < -0.4 is 10.6 Å². The number of hydrogen-bond acceptors (Lipinski definition) is 2. The van der Waals surface area contributed by atoms with Crippen molar-refractivity contribution in [2.45, 2.75) is 59.5 Å². The zero-order valence-corrected chi connectivity index (χ0v) is 15.8. The molecule has 0 saturated heterocycles. The first-order valence-corrected chi connectivity index (χ1v) is 7.22. The predicted molar refractivity (Wildman–Crippen MR) is 96.7 cm³/mol. The van der Waals surface area contributed by atoms with E-state index in [1.165, 1.54) is 6.42 Å². The zero-order valence-electron chi connectivity index (χ0n) is 13.5. The van der Waals surface area contributed by atoms with Crippen LogP contribution in [-0.4, -0.2) is 49.6 Å². The zero-order chi connectivity index (χ0) is 14.0. The fourth-order valence-corrected chi connectivity index (χ4v) is 1.52. The van der Waals surface area contributed by atoms with Gasteiger partial charge in [-0.2, -0.15) is 0 Å². The lowest BCUT2D eigenvalue weighted by Gasteiger charge is -2.20. The maximum atomic E-state index is 4.57. The first-order valence-electron chi connectivity index (χ1n) is 7.22. The third kappa shape index (κ3) is 12.7. The summed E-state index contributed by atoms with van der Waals surface area (Å²) in [5.74, 6) is 0.935. The number of unbranched alkanes of at least 4 members (excludes halogenated alkanes) is 1. The van der Waals surface area contributed by atoms with Gasteiger partial charge in [-0.15, -0.1) is 24.0 Å². The molecule has 0 saturated carbocycles. The van der Waals surface area contributed by atoms with Gasteiger partial charge in [-0.05, 0) is 61.1 Å². The van der Waals surface area contributed by atoms with Gasteiger partial charge in [0.2, 0.25) is 0 Å². The molecule has 0 aliphatic carbocycles. The monoisotopic (exact) mass is 384 g/mol. The van der Waals surface area contributed by atoms with Crippen molar-refractivity contribution >= 4 is 29.9 Å². The summed E-state index contributed by atoms with van der Waals surface area (Å²) >= 11 is 0. The largest absolute Gasteiger partial charge is 0.357 e. The highest BCUT2D eigenvalue weighted by molar-refractivity contribution is 14.0. The molecule has 0 rings (SSSR count). The Kier molecular flexibility index (Phi) is 14.5. The molecule has 116 valence electrons. The Morgan fingerprint density at radius 3 is 2.26 bits per heavy atom. The SMILES string of the molecule is CCNC(=NCCCCN(C)C(C)C)NC(C)C.I. The molecule has 4 nitrogen and oxygen atoms in total. The molecule has 0 aliphatic heterocycles. The maximum absolute atomic E-state index is 4.57. The Morgan fingerprint density at radius 1 is 1.16 bits per heavy atom. The molecule has 0 atom stereocenters. The van der Waals surface area contributed by atoms with E-state index in [2.05, 4.69) is 62.2 Å². The van der Waals surface area contributed by atoms with Crippen molar-refractivity contribution in [2.24, 2.45) is 4.99 Å². The van der Waals surface area contributed by atoms with Crippen molar-refractivity contribution in [3.05, 3.63) is 0 Å². The van der Waals surface area contributed by atoms with Gasteiger partial charge in [0.25, 0.3) is 0 Å². The van der Waals surface area contributed by atoms with E-state index in [9.17, 15) is 0 Å². The minimum absolute atomic E-state index is 0. The molecule has 0 bridgehead atoms. The Hall–Kier alpha value is -0.0400. The second-order valence-corrected chi connectivity index (χ2v) is 5.34. The van der Waals surface area contributed by atoms with Crippen molar-refractivity contribution < 1.29 is 0 Å². The number of guanidine groups is 1. The van der Waals surface area contributed by atoms with Crippen LogP contribution in [0.4, 0.5) is 0 Å². The van der Waals surface area contributed by atoms with Crippen LogP contribution in [0.25, 0.3) is 0 Å². The number of nitrogens with zero attached hydrogens (tertiary/aromatic N) is 2. The van der Waals surface area contributed by atoms with Gasteiger partial charge >= 0.3 is 0 Å². The number of halogens is 1. The Balaban J connectivity index is 0. The van der Waals surface area contributed by atoms with Crippen molar-refractivity contribution in [2.75, 3.05) is 26.7 Å². The van der Waals surface area contributed by atoms with Crippen LogP contribution in [0.5, 0.6) is 0 Å². The Labute approximate surface area is 136 Å². The van der Waals surface area contributed by atoms with Gasteiger partial charge in [-0.25, -0.2) is 0 Å². The minimum Gasteiger partial charge on any atom is -0.357 e. The normalized spacial score (nSPS) is 11.9. The molecule has 0 amide bonds. The Bertz CT molecular complexity index is 229. The fourth-order valence-electron chi connectivity index (χ4n) is 1.52. The van der Waals surface area contributed by atoms with Crippen LogP contribution in [0.1, 0.15) is 47.5 Å². The summed E-state index contributed by atoms with van der Waals surface area (Å²) in [6.45, 7) is 13.8. The van der Waals surface area contributed by atoms with E-state index in [0.717, 1.165) is 32.0 Å². The fraction of sp³-hybridized carbons (Fsp3) is 0.929. The summed E-state index contributed by atoms with van der Waals surface area (Å²) in [5.41, 5.74) is 0. The van der Waals surface area contributed by atoms with Gasteiger partial charge in [0.15, 0.2) is 5.96 Å². The molecule has 0 unspecified atom stereocenters. The maximum Gasteiger partial charge on any atom is 0.191 e. The van der Waals surface area contributed by atoms with Crippen LogP contribution in [0.3, 0.4) is 0 Å². The highest BCUT2D eigenvalue weighted by atomic mass is 127. The molecule has 0 aliphatic rings. The average Bonchev–Trinajstić information content (AvgIpc) is 2.27. The second-order valence-electron chi connectivity index (χ2n) is 5.34. The van der Waals surface area contributed by atoms with Crippen LogP contribution >= 0.6 is 24.0 Å². The first-order chi connectivity index (χ1) is 8.47. The third-order valence-corrected chi connectivity index (χ3v) is 2.84. The van der Waals surface area contributed by atoms with Gasteiger partial charge in [-0.3, -0.25) is 4.99 Å². The van der Waals surface area contributed by atoms with E-state index in [1.807, 2.05) is 0 Å². The van der Waals surface area contributed by atoms with Crippen LogP contribution in [0.2, 0.25) is 0 Å². The average molecular weight is 384 g/mol. The standard InChI is InChI=1S/C14H32N4.HI/c1-7-15-14(17-12(2)3)16-10-8-9-11-18(6)13(4)5;/h12-13H,7-11H2,1-6H3,(H2,15,16,17);1H. The first kappa shape index (κ1) is 21.3. The predicted octanol–water partition coefficient (Wildman–Crippen LogP) is 2.69. The van der Waals surface area contributed by atoms with E-state index < -0.39 is 0 Å². The van der Waals surface area contributed by atoms with Crippen molar-refractivity contribution in [3.63, 3.8) is 0 Å². The Morgan fingerprint density at radius 2 is 1.79 bits per heavy atom. The van der Waals surface area contributed by atoms with Crippen molar-refractivity contribution in [3.8, 4) is 0 Å². The number of rotatable bonds is 8. The highest BCUT2D eigenvalue weighted by Gasteiger charge is 2.02. The minimum atomic E-state index is 0. The smallest absolute Gasteiger partial charge is 0.191 e. The molecule has 0 fully saturated rings. The molecule has 0 spiro atoms. The summed E-state index contributed by atoms with van der Waals surface area (Å²) in [7, 11) is 2.18. The molecule has 0 aromatic carbocycles. The molecular formula is C14H33IN4. The van der Waals surface area contributed by atoms with E-state index in [4.69, 9.17) is 0 Å². The molecule has 0 heterocycles. The lowest BCUT2D eigenvalue weighted by Crippen LogP contribution is -2.41. The lowest BCUT2D eigenvalue weighted by atomic mass is 10.2.